The van der Waals surface area contributed by atoms with Gasteiger partial charge in [0.2, 0.25) is 5.91 Å². The molecule has 0 bridgehead atoms. The summed E-state index contributed by atoms with van der Waals surface area (Å²) in [6, 6.07) is 1.74. The van der Waals surface area contributed by atoms with Crippen LogP contribution in [-0.4, -0.2) is 43.8 Å². The Bertz CT molecular complexity index is 546. The number of likely N-dealkylation sites (N-methyl/N-ethyl adjacent to an activating group) is 1. The number of hydrogen-bond acceptors (Lipinski definition) is 4. The van der Waals surface area contributed by atoms with Crippen molar-refractivity contribution >= 4 is 33.2 Å². The van der Waals surface area contributed by atoms with Crippen molar-refractivity contribution in [2.75, 3.05) is 18.6 Å². The molecule has 98 valence electrons. The zero-order valence-corrected chi connectivity index (χ0v) is 11.7. The van der Waals surface area contributed by atoms with Crippen molar-refractivity contribution in [3.05, 3.63) is 28.5 Å². The first-order chi connectivity index (χ1) is 8.48. The highest BCUT2D eigenvalue weighted by Gasteiger charge is 2.31. The Morgan fingerprint density at radius 3 is 2.89 bits per heavy atom. The van der Waals surface area contributed by atoms with Crippen LogP contribution in [0.4, 0.5) is 0 Å². The molecule has 0 unspecified atom stereocenters. The predicted molar refractivity (Wildman–Crippen MR) is 73.2 cm³/mol. The monoisotopic (exact) mass is 285 g/mol. The molecule has 0 spiro atoms. The third-order valence-corrected chi connectivity index (χ3v) is 5.52. The quantitative estimate of drug-likeness (QED) is 0.789. The molecule has 1 aromatic heterocycles. The van der Waals surface area contributed by atoms with Crippen LogP contribution < -0.4 is 0 Å². The van der Waals surface area contributed by atoms with Crippen molar-refractivity contribution in [1.82, 2.24) is 4.90 Å². The van der Waals surface area contributed by atoms with Gasteiger partial charge in [-0.15, -0.1) is 0 Å². The average molecular weight is 285 g/mol. The van der Waals surface area contributed by atoms with Crippen LogP contribution in [0.5, 0.6) is 0 Å². The Kier molecular flexibility index (Phi) is 3.87. The zero-order chi connectivity index (χ0) is 13.2. The van der Waals surface area contributed by atoms with E-state index in [1.807, 2.05) is 16.8 Å². The Morgan fingerprint density at radius 2 is 2.33 bits per heavy atom. The third-order valence-electron chi connectivity index (χ3n) is 3.07. The fraction of sp³-hybridized carbons (Fsp3) is 0.417. The van der Waals surface area contributed by atoms with E-state index in [9.17, 15) is 13.2 Å². The third kappa shape index (κ3) is 3.20. The van der Waals surface area contributed by atoms with Gasteiger partial charge in [0, 0.05) is 19.2 Å². The summed E-state index contributed by atoms with van der Waals surface area (Å²) < 4.78 is 22.7. The lowest BCUT2D eigenvalue weighted by molar-refractivity contribution is -0.126. The van der Waals surface area contributed by atoms with E-state index in [0.717, 1.165) is 5.56 Å². The van der Waals surface area contributed by atoms with Gasteiger partial charge in [0.1, 0.15) is 0 Å². The summed E-state index contributed by atoms with van der Waals surface area (Å²) in [4.78, 5) is 13.4. The first kappa shape index (κ1) is 13.3. The molecule has 1 aliphatic heterocycles. The second kappa shape index (κ2) is 5.24. The largest absolute Gasteiger partial charge is 0.338 e. The van der Waals surface area contributed by atoms with Crippen LogP contribution in [-0.2, 0) is 14.6 Å². The van der Waals surface area contributed by atoms with E-state index in [1.165, 1.54) is 11.0 Å². The molecule has 1 amide bonds. The molecule has 0 saturated carbocycles. The molecule has 2 heterocycles. The minimum atomic E-state index is -2.95. The van der Waals surface area contributed by atoms with E-state index in [0.29, 0.717) is 6.42 Å². The van der Waals surface area contributed by atoms with Gasteiger partial charge in [-0.25, -0.2) is 8.42 Å². The van der Waals surface area contributed by atoms with E-state index < -0.39 is 9.84 Å². The molecule has 2 rings (SSSR count). The van der Waals surface area contributed by atoms with Crippen LogP contribution in [0, 0.1) is 0 Å². The highest BCUT2D eigenvalue weighted by molar-refractivity contribution is 7.91. The van der Waals surface area contributed by atoms with Crippen molar-refractivity contribution in [3.63, 3.8) is 0 Å². The average Bonchev–Trinajstić information content (AvgIpc) is 2.94. The van der Waals surface area contributed by atoms with Crippen LogP contribution in [0.25, 0.3) is 6.08 Å². The molecular formula is C12H15NO3S2. The van der Waals surface area contributed by atoms with E-state index in [4.69, 9.17) is 0 Å². The van der Waals surface area contributed by atoms with Crippen molar-refractivity contribution in [3.8, 4) is 0 Å². The van der Waals surface area contributed by atoms with Crippen LogP contribution in [0.1, 0.15) is 12.0 Å². The zero-order valence-electron chi connectivity index (χ0n) is 10.1. The lowest BCUT2D eigenvalue weighted by atomic mass is 10.2. The van der Waals surface area contributed by atoms with Crippen molar-refractivity contribution in [2.24, 2.45) is 0 Å². The Morgan fingerprint density at radius 1 is 1.56 bits per heavy atom. The fourth-order valence-corrected chi connectivity index (χ4v) is 4.32. The number of rotatable bonds is 3. The number of carbonyl (C=O) groups excluding carboxylic acids is 1. The maximum Gasteiger partial charge on any atom is 0.246 e. The standard InChI is InChI=1S/C12H15NO3S2/c1-13(11-5-7-18(15,16)9-11)12(14)3-2-10-4-6-17-8-10/h2-4,6,8,11H,5,7,9H2,1H3/b3-2+/t11-/m1/s1. The summed E-state index contributed by atoms with van der Waals surface area (Å²) in [5, 5.41) is 3.89. The van der Waals surface area contributed by atoms with Gasteiger partial charge in [0.25, 0.3) is 0 Å². The number of carbonyl (C=O) groups is 1. The summed E-state index contributed by atoms with van der Waals surface area (Å²) in [6.45, 7) is 0. The summed E-state index contributed by atoms with van der Waals surface area (Å²) >= 11 is 1.57. The summed E-state index contributed by atoms with van der Waals surface area (Å²) in [5.41, 5.74) is 0.987. The van der Waals surface area contributed by atoms with Gasteiger partial charge in [0.05, 0.1) is 11.5 Å². The van der Waals surface area contributed by atoms with Crippen molar-refractivity contribution < 1.29 is 13.2 Å². The maximum absolute atomic E-state index is 11.9. The van der Waals surface area contributed by atoms with Gasteiger partial charge in [-0.05, 0) is 34.9 Å². The molecule has 4 nitrogen and oxygen atoms in total. The van der Waals surface area contributed by atoms with E-state index in [1.54, 1.807) is 24.5 Å². The minimum absolute atomic E-state index is 0.0849. The number of thiophene rings is 1. The van der Waals surface area contributed by atoms with Gasteiger partial charge >= 0.3 is 0 Å². The second-order valence-corrected chi connectivity index (χ2v) is 7.40. The minimum Gasteiger partial charge on any atom is -0.338 e. The fourth-order valence-electron chi connectivity index (χ4n) is 1.92. The van der Waals surface area contributed by atoms with Crippen LogP contribution in [0.3, 0.4) is 0 Å². The first-order valence-corrected chi connectivity index (χ1v) is 8.42. The van der Waals surface area contributed by atoms with Gasteiger partial charge in [-0.3, -0.25) is 4.79 Å². The van der Waals surface area contributed by atoms with Gasteiger partial charge in [0.15, 0.2) is 9.84 Å². The van der Waals surface area contributed by atoms with Crippen molar-refractivity contribution in [2.45, 2.75) is 12.5 Å². The highest BCUT2D eigenvalue weighted by Crippen LogP contribution is 2.17. The lowest BCUT2D eigenvalue weighted by Gasteiger charge is -2.21. The molecule has 1 fully saturated rings. The molecule has 0 N–H and O–H groups in total. The second-order valence-electron chi connectivity index (χ2n) is 4.40. The van der Waals surface area contributed by atoms with Gasteiger partial charge < -0.3 is 4.90 Å². The lowest BCUT2D eigenvalue weighted by Crippen LogP contribution is -2.36. The Hall–Kier alpha value is -1.14. The van der Waals surface area contributed by atoms with Gasteiger partial charge in [-0.1, -0.05) is 0 Å². The number of sulfone groups is 1. The van der Waals surface area contributed by atoms with E-state index in [2.05, 4.69) is 0 Å². The smallest absolute Gasteiger partial charge is 0.246 e. The molecule has 0 radical (unpaired) electrons. The molecule has 1 aromatic rings. The number of amides is 1. The Balaban J connectivity index is 1.97. The molecule has 1 atom stereocenters. The summed E-state index contributed by atoms with van der Waals surface area (Å²) in [5.74, 6) is 0.119. The molecule has 1 saturated heterocycles. The molecule has 6 heteroatoms. The predicted octanol–water partition coefficient (Wildman–Crippen LogP) is 1.41. The molecule has 1 aliphatic rings. The van der Waals surface area contributed by atoms with Crippen LogP contribution >= 0.6 is 11.3 Å². The van der Waals surface area contributed by atoms with Crippen LogP contribution in [0.2, 0.25) is 0 Å². The molecular weight excluding hydrogens is 270 g/mol. The summed E-state index contributed by atoms with van der Waals surface area (Å²) in [7, 11) is -1.29. The Labute approximate surface area is 111 Å². The van der Waals surface area contributed by atoms with Gasteiger partial charge in [-0.2, -0.15) is 11.3 Å². The molecule has 0 aliphatic carbocycles. The van der Waals surface area contributed by atoms with E-state index >= 15 is 0 Å². The highest BCUT2D eigenvalue weighted by atomic mass is 32.2. The van der Waals surface area contributed by atoms with Crippen molar-refractivity contribution in [1.29, 1.82) is 0 Å². The molecule has 18 heavy (non-hydrogen) atoms. The normalized spacial score (nSPS) is 22.4. The topological polar surface area (TPSA) is 54.5 Å². The SMILES string of the molecule is CN(C(=O)/C=C/c1ccsc1)[C@@H]1CCS(=O)(=O)C1. The van der Waals surface area contributed by atoms with E-state index in [-0.39, 0.29) is 23.5 Å². The maximum atomic E-state index is 11.9. The van der Waals surface area contributed by atoms with Crippen LogP contribution in [0.15, 0.2) is 22.9 Å². The number of nitrogens with zero attached hydrogens (tertiary/aromatic N) is 1. The first-order valence-electron chi connectivity index (χ1n) is 5.65. The summed E-state index contributed by atoms with van der Waals surface area (Å²) in [6.07, 6.45) is 3.78. The molecule has 0 aromatic carbocycles. The number of hydrogen-bond donors (Lipinski definition) is 0.